The summed E-state index contributed by atoms with van der Waals surface area (Å²) in [4.78, 5) is 10.9. The predicted molar refractivity (Wildman–Crippen MR) is 301 cm³/mol. The fourth-order valence-corrected chi connectivity index (χ4v) is 13.0. The zero-order valence-electron chi connectivity index (χ0n) is 39.5. The first kappa shape index (κ1) is 40.1. The maximum atomic E-state index is 5.69. The Morgan fingerprint density at radius 2 is 0.836 bits per heavy atom. The van der Waals surface area contributed by atoms with E-state index in [1.54, 1.807) is 0 Å². The van der Waals surface area contributed by atoms with Crippen LogP contribution in [-0.4, -0.2) is 19.1 Å². The third-order valence-electron chi connectivity index (χ3n) is 15.9. The van der Waals surface area contributed by atoms with Crippen LogP contribution in [0.15, 0.2) is 255 Å². The van der Waals surface area contributed by atoms with Crippen LogP contribution in [-0.2, 0) is 5.41 Å². The van der Waals surface area contributed by atoms with Crippen molar-refractivity contribution in [2.45, 2.75) is 5.41 Å². The van der Waals surface area contributed by atoms with Crippen molar-refractivity contribution in [1.29, 1.82) is 0 Å². The summed E-state index contributed by atoms with van der Waals surface area (Å²) in [7, 11) is 0. The smallest absolute Gasteiger partial charge is 0.145 e. The Kier molecular flexibility index (Phi) is 8.35. The van der Waals surface area contributed by atoms with Crippen LogP contribution in [0.4, 0.5) is 0 Å². The summed E-state index contributed by atoms with van der Waals surface area (Å²) in [5, 5.41) is 5.97. The first-order chi connectivity index (χ1) is 36.2. The van der Waals surface area contributed by atoms with Gasteiger partial charge in [-0.05, 0) is 116 Å². The molecule has 0 N–H and O–H groups in total. The average Bonchev–Trinajstić information content (AvgIpc) is 4.20. The fraction of sp³-hybridized carbons (Fsp3) is 0.0145. The summed E-state index contributed by atoms with van der Waals surface area (Å²) in [5.41, 5.74) is 22.8. The third-order valence-corrected chi connectivity index (χ3v) is 15.9. The van der Waals surface area contributed by atoms with Crippen LogP contribution in [0.3, 0.4) is 0 Å². The average molecular weight is 927 g/mol. The highest BCUT2D eigenvalue weighted by Gasteiger charge is 2.52. The van der Waals surface area contributed by atoms with Crippen LogP contribution in [0.5, 0.6) is 0 Å². The van der Waals surface area contributed by atoms with Gasteiger partial charge in [-0.2, -0.15) is 0 Å². The van der Waals surface area contributed by atoms with Crippen LogP contribution in [0.1, 0.15) is 22.3 Å². The zero-order chi connectivity index (χ0) is 47.8. The molecule has 0 unspecified atom stereocenters. The summed E-state index contributed by atoms with van der Waals surface area (Å²) < 4.78 is 4.70. The van der Waals surface area contributed by atoms with Gasteiger partial charge in [0, 0.05) is 49.4 Å². The molecule has 0 atom stereocenters. The van der Waals surface area contributed by atoms with Crippen molar-refractivity contribution in [2.75, 3.05) is 0 Å². The van der Waals surface area contributed by atoms with Gasteiger partial charge < -0.3 is 4.57 Å². The van der Waals surface area contributed by atoms with Crippen LogP contribution < -0.4 is 0 Å². The molecular formula is C69H42N4. The highest BCUT2D eigenvalue weighted by molar-refractivity contribution is 6.20. The van der Waals surface area contributed by atoms with Gasteiger partial charge in [0.2, 0.25) is 0 Å². The summed E-state index contributed by atoms with van der Waals surface area (Å²) >= 11 is 0. The van der Waals surface area contributed by atoms with Gasteiger partial charge in [0.05, 0.1) is 38.7 Å². The topological polar surface area (TPSA) is 35.6 Å². The van der Waals surface area contributed by atoms with Gasteiger partial charge >= 0.3 is 0 Å². The quantitative estimate of drug-likeness (QED) is 0.161. The van der Waals surface area contributed by atoms with Gasteiger partial charge in [-0.25, -0.2) is 9.97 Å². The van der Waals surface area contributed by atoms with Gasteiger partial charge in [0.25, 0.3) is 0 Å². The molecule has 0 bridgehead atoms. The maximum Gasteiger partial charge on any atom is 0.145 e. The maximum absolute atomic E-state index is 5.69. The molecule has 0 fully saturated rings. The number of pyridine rings is 1. The molecule has 4 nitrogen and oxygen atoms in total. The molecule has 3 heterocycles. The molecule has 0 amide bonds. The molecule has 0 radical (unpaired) electrons. The Morgan fingerprint density at radius 3 is 1.53 bits per heavy atom. The highest BCUT2D eigenvalue weighted by Crippen LogP contribution is 2.64. The molecular weight excluding hydrogens is 885 g/mol. The Bertz CT molecular complexity index is 4510. The molecule has 2 aliphatic carbocycles. The van der Waals surface area contributed by atoms with E-state index in [4.69, 9.17) is 9.97 Å². The second-order valence-electron chi connectivity index (χ2n) is 19.6. The number of nitrogens with zero attached hydrogens (tertiary/aromatic N) is 4. The number of aromatic nitrogens is 4. The lowest BCUT2D eigenvalue weighted by molar-refractivity contribution is 0.794. The van der Waals surface area contributed by atoms with E-state index in [-0.39, 0.29) is 0 Å². The molecule has 338 valence electrons. The van der Waals surface area contributed by atoms with Gasteiger partial charge in [0.1, 0.15) is 5.82 Å². The highest BCUT2D eigenvalue weighted by atomic mass is 15.1. The van der Waals surface area contributed by atoms with Crippen LogP contribution in [0.25, 0.3) is 122 Å². The van der Waals surface area contributed by atoms with Gasteiger partial charge in [-0.15, -0.1) is 0 Å². The Morgan fingerprint density at radius 1 is 0.301 bits per heavy atom. The number of para-hydroxylation sites is 6. The first-order valence-corrected chi connectivity index (χ1v) is 25.2. The summed E-state index contributed by atoms with van der Waals surface area (Å²) in [6.45, 7) is 0. The first-order valence-electron chi connectivity index (χ1n) is 25.2. The summed E-state index contributed by atoms with van der Waals surface area (Å²) in [6, 6.07) is 93.3. The normalized spacial score (nSPS) is 13.0. The van der Waals surface area contributed by atoms with E-state index < -0.39 is 5.41 Å². The molecule has 4 heteroatoms. The number of fused-ring (bicyclic) bond motifs is 18. The minimum Gasteiger partial charge on any atom is -0.309 e. The standard InChI is InChI=1S/C69H42N4/c1-2-18-47(19-3-1)73-64-33-17-14-30-61(64)71-68(73)44-36-34-43(35-37-44)45-40-46(42-48(41-45)72-62-31-15-8-22-51(62)52-23-9-16-32-63(52)72)67-55-38-39-59-66(65(55)54-25-7-13-29-60(54)70-67)53-24-6-12-28-58(53)69(59)56-26-10-4-20-49(56)50-21-5-11-27-57(50)69/h1-42H. The minimum atomic E-state index is -0.460. The van der Waals surface area contributed by atoms with Crippen molar-refractivity contribution >= 4 is 54.5 Å². The zero-order valence-corrected chi connectivity index (χ0v) is 39.5. The fourth-order valence-electron chi connectivity index (χ4n) is 13.0. The van der Waals surface area contributed by atoms with Crippen molar-refractivity contribution in [1.82, 2.24) is 19.1 Å². The lowest BCUT2D eigenvalue weighted by Gasteiger charge is -2.30. The van der Waals surface area contributed by atoms with Gasteiger partial charge in [0.15, 0.2) is 0 Å². The second-order valence-corrected chi connectivity index (χ2v) is 19.6. The largest absolute Gasteiger partial charge is 0.309 e. The molecule has 0 saturated carbocycles. The third kappa shape index (κ3) is 5.55. The number of hydrogen-bond donors (Lipinski definition) is 0. The number of hydrogen-bond acceptors (Lipinski definition) is 2. The van der Waals surface area contributed by atoms with Crippen LogP contribution in [0, 0.1) is 0 Å². The lowest BCUT2D eigenvalue weighted by atomic mass is 9.70. The molecule has 0 aliphatic heterocycles. The minimum absolute atomic E-state index is 0.460. The van der Waals surface area contributed by atoms with E-state index in [9.17, 15) is 0 Å². The molecule has 3 aromatic heterocycles. The predicted octanol–water partition coefficient (Wildman–Crippen LogP) is 17.2. The molecule has 2 aliphatic rings. The van der Waals surface area contributed by atoms with E-state index in [0.29, 0.717) is 0 Å². The molecule has 16 rings (SSSR count). The second kappa shape index (κ2) is 15.2. The Hall–Kier alpha value is -9.64. The molecule has 14 aromatic rings. The summed E-state index contributed by atoms with van der Waals surface area (Å²) in [5.74, 6) is 0.908. The van der Waals surface area contributed by atoms with Crippen LogP contribution >= 0.6 is 0 Å². The lowest BCUT2D eigenvalue weighted by Crippen LogP contribution is -2.25. The van der Waals surface area contributed by atoms with E-state index >= 15 is 0 Å². The molecule has 11 aromatic carbocycles. The van der Waals surface area contributed by atoms with Crippen LogP contribution in [0.2, 0.25) is 0 Å². The van der Waals surface area contributed by atoms with E-state index in [1.165, 1.54) is 60.7 Å². The van der Waals surface area contributed by atoms with Crippen molar-refractivity contribution in [3.05, 3.63) is 277 Å². The molecule has 1 spiro atoms. The van der Waals surface area contributed by atoms with Crippen molar-refractivity contribution in [2.24, 2.45) is 0 Å². The van der Waals surface area contributed by atoms with Crippen molar-refractivity contribution in [3.8, 4) is 67.4 Å². The molecule has 0 saturated heterocycles. The number of benzene rings is 11. The van der Waals surface area contributed by atoms with E-state index in [2.05, 4.69) is 264 Å². The SMILES string of the molecule is c1ccc(-n2c(-c3ccc(-c4cc(-c5nc6ccccc6c6c7c(ccc56)C5(c6ccccc6-c6ccccc65)c5ccccc5-7)cc(-n5c6ccccc6c6ccccc65)c4)cc3)nc3ccccc32)cc1. The Labute approximate surface area is 421 Å². The van der Waals surface area contributed by atoms with E-state index in [0.717, 1.165) is 83.5 Å². The van der Waals surface area contributed by atoms with Gasteiger partial charge in [-0.1, -0.05) is 194 Å². The number of rotatable bonds is 5. The van der Waals surface area contributed by atoms with Crippen molar-refractivity contribution in [3.63, 3.8) is 0 Å². The summed E-state index contributed by atoms with van der Waals surface area (Å²) in [6.07, 6.45) is 0. The van der Waals surface area contributed by atoms with Gasteiger partial charge in [-0.3, -0.25) is 4.57 Å². The number of imidazole rings is 1. The molecule has 73 heavy (non-hydrogen) atoms. The van der Waals surface area contributed by atoms with Crippen molar-refractivity contribution < 1.29 is 0 Å². The monoisotopic (exact) mass is 926 g/mol. The van der Waals surface area contributed by atoms with E-state index in [1.807, 2.05) is 0 Å². The Balaban J connectivity index is 0.958.